The minimum Gasteiger partial charge on any atom is -0.299 e. The summed E-state index contributed by atoms with van der Waals surface area (Å²) in [6.45, 7) is 4.04. The Morgan fingerprint density at radius 3 is 1.37 bits per heavy atom. The highest BCUT2D eigenvalue weighted by molar-refractivity contribution is 5.83. The average molecular weight is 394 g/mol. The van der Waals surface area contributed by atoms with E-state index < -0.39 is 0 Å². The van der Waals surface area contributed by atoms with E-state index >= 15 is 0 Å². The third kappa shape index (κ3) is 4.81. The number of rotatable bonds is 6. The Balaban J connectivity index is 1.48. The predicted molar refractivity (Wildman–Crippen MR) is 117 cm³/mol. The molecule has 4 aromatic heterocycles. The van der Waals surface area contributed by atoms with Crippen LogP contribution < -0.4 is 0 Å². The maximum Gasteiger partial charge on any atom is 0.141 e. The first kappa shape index (κ1) is 19.6. The number of pyridine rings is 4. The number of Topliss-reactive ketones (excluding diaryl/α,β-unsaturated/α-hetero) is 1. The maximum absolute atomic E-state index is 12.7. The van der Waals surface area contributed by atoms with E-state index in [-0.39, 0.29) is 5.78 Å². The highest BCUT2D eigenvalue weighted by Gasteiger charge is 2.10. The molecule has 0 aliphatic carbocycles. The molecule has 0 radical (unpaired) electrons. The standard InChI is InChI=1S/C25H22N4O/c1-17-3-7-26-22(11-17)24-15-19(5-9-28-24)13-21(30)14-20-6-10-29-25(16-20)23-12-18(2)4-8-27-23/h3-12,15-16H,13-14H2,1-2H3. The minimum absolute atomic E-state index is 0.138. The van der Waals surface area contributed by atoms with E-state index in [9.17, 15) is 4.79 Å². The second kappa shape index (κ2) is 8.74. The molecule has 0 bridgehead atoms. The first-order valence-corrected chi connectivity index (χ1v) is 9.84. The fourth-order valence-electron chi connectivity index (χ4n) is 3.32. The molecule has 5 heteroatoms. The Morgan fingerprint density at radius 1 is 0.600 bits per heavy atom. The first-order valence-electron chi connectivity index (χ1n) is 9.84. The van der Waals surface area contributed by atoms with E-state index in [0.29, 0.717) is 12.8 Å². The number of nitrogens with zero attached hydrogens (tertiary/aromatic N) is 4. The van der Waals surface area contributed by atoms with Gasteiger partial charge in [-0.3, -0.25) is 24.7 Å². The normalized spacial score (nSPS) is 10.7. The Morgan fingerprint density at radius 2 is 0.967 bits per heavy atom. The van der Waals surface area contributed by atoms with Gasteiger partial charge >= 0.3 is 0 Å². The van der Waals surface area contributed by atoms with E-state index in [1.54, 1.807) is 24.8 Å². The third-order valence-corrected chi connectivity index (χ3v) is 4.81. The summed E-state index contributed by atoms with van der Waals surface area (Å²) in [7, 11) is 0. The molecule has 0 fully saturated rings. The lowest BCUT2D eigenvalue weighted by Crippen LogP contribution is -2.07. The van der Waals surface area contributed by atoms with Gasteiger partial charge in [-0.05, 0) is 84.6 Å². The molecule has 0 N–H and O–H groups in total. The molecule has 4 heterocycles. The molecule has 0 spiro atoms. The second-order valence-corrected chi connectivity index (χ2v) is 7.43. The van der Waals surface area contributed by atoms with Crippen molar-refractivity contribution in [3.63, 3.8) is 0 Å². The number of aromatic nitrogens is 4. The van der Waals surface area contributed by atoms with Crippen molar-refractivity contribution in [3.8, 4) is 22.8 Å². The lowest BCUT2D eigenvalue weighted by molar-refractivity contribution is -0.117. The summed E-state index contributed by atoms with van der Waals surface area (Å²) < 4.78 is 0. The zero-order valence-electron chi connectivity index (χ0n) is 17.0. The zero-order valence-corrected chi connectivity index (χ0v) is 17.0. The molecule has 0 aliphatic heterocycles. The molecule has 0 amide bonds. The summed E-state index contributed by atoms with van der Waals surface area (Å²) in [4.78, 5) is 30.3. The summed E-state index contributed by atoms with van der Waals surface area (Å²) in [5.74, 6) is 0.138. The molecular weight excluding hydrogens is 372 g/mol. The first-order chi connectivity index (χ1) is 14.6. The van der Waals surface area contributed by atoms with Crippen molar-refractivity contribution >= 4 is 5.78 Å². The predicted octanol–water partition coefficient (Wildman–Crippen LogP) is 4.57. The molecule has 148 valence electrons. The summed E-state index contributed by atoms with van der Waals surface area (Å²) in [6.07, 6.45) is 7.71. The Kier molecular flexibility index (Phi) is 5.70. The second-order valence-electron chi connectivity index (χ2n) is 7.43. The maximum atomic E-state index is 12.7. The van der Waals surface area contributed by atoms with Gasteiger partial charge in [0.2, 0.25) is 0 Å². The van der Waals surface area contributed by atoms with Gasteiger partial charge in [0.15, 0.2) is 0 Å². The van der Waals surface area contributed by atoms with Gasteiger partial charge in [-0.15, -0.1) is 0 Å². The molecule has 30 heavy (non-hydrogen) atoms. The van der Waals surface area contributed by atoms with Crippen LogP contribution in [0.1, 0.15) is 22.3 Å². The van der Waals surface area contributed by atoms with Crippen LogP contribution in [0.3, 0.4) is 0 Å². The Bertz CT molecular complexity index is 1110. The summed E-state index contributed by atoms with van der Waals surface area (Å²) >= 11 is 0. The summed E-state index contributed by atoms with van der Waals surface area (Å²) in [6, 6.07) is 15.5. The molecule has 4 rings (SSSR count). The SMILES string of the molecule is Cc1ccnc(-c2cc(CC(=O)Cc3ccnc(-c4cc(C)ccn4)c3)ccn2)c1. The Hall–Kier alpha value is -3.73. The van der Waals surface area contributed by atoms with E-state index in [1.165, 1.54) is 0 Å². The monoisotopic (exact) mass is 394 g/mol. The van der Waals surface area contributed by atoms with Gasteiger partial charge in [-0.1, -0.05) is 0 Å². The highest BCUT2D eigenvalue weighted by Crippen LogP contribution is 2.19. The van der Waals surface area contributed by atoms with Crippen molar-refractivity contribution in [2.75, 3.05) is 0 Å². The van der Waals surface area contributed by atoms with Gasteiger partial charge in [0.25, 0.3) is 0 Å². The van der Waals surface area contributed by atoms with Crippen molar-refractivity contribution < 1.29 is 4.79 Å². The zero-order chi connectivity index (χ0) is 20.9. The van der Waals surface area contributed by atoms with Gasteiger partial charge < -0.3 is 0 Å². The van der Waals surface area contributed by atoms with Crippen LogP contribution in [-0.4, -0.2) is 25.7 Å². The van der Waals surface area contributed by atoms with Crippen LogP contribution in [0.15, 0.2) is 73.3 Å². The fourth-order valence-corrected chi connectivity index (χ4v) is 3.32. The number of hydrogen-bond acceptors (Lipinski definition) is 5. The van der Waals surface area contributed by atoms with Crippen molar-refractivity contribution in [2.45, 2.75) is 26.7 Å². The van der Waals surface area contributed by atoms with Gasteiger partial charge in [-0.2, -0.15) is 0 Å². The van der Waals surface area contributed by atoms with Crippen LogP contribution in [0.25, 0.3) is 22.8 Å². The average Bonchev–Trinajstić information content (AvgIpc) is 2.74. The van der Waals surface area contributed by atoms with E-state index in [0.717, 1.165) is 45.0 Å². The molecule has 0 unspecified atom stereocenters. The van der Waals surface area contributed by atoms with E-state index in [1.807, 2.05) is 62.4 Å². The molecule has 0 saturated carbocycles. The fraction of sp³-hybridized carbons (Fsp3) is 0.160. The van der Waals surface area contributed by atoms with Gasteiger partial charge in [-0.25, -0.2) is 0 Å². The third-order valence-electron chi connectivity index (χ3n) is 4.81. The molecule has 0 aromatic carbocycles. The van der Waals surface area contributed by atoms with E-state index in [4.69, 9.17) is 0 Å². The number of ketones is 1. The van der Waals surface area contributed by atoms with Gasteiger partial charge in [0, 0.05) is 37.6 Å². The number of carbonyl (C=O) groups excluding carboxylic acids is 1. The lowest BCUT2D eigenvalue weighted by atomic mass is 10.0. The van der Waals surface area contributed by atoms with Crippen molar-refractivity contribution in [3.05, 3.63) is 95.6 Å². The van der Waals surface area contributed by atoms with Crippen molar-refractivity contribution in [1.82, 2.24) is 19.9 Å². The Labute approximate surface area is 175 Å². The van der Waals surface area contributed by atoms with Gasteiger partial charge in [0.1, 0.15) is 5.78 Å². The minimum atomic E-state index is 0.138. The van der Waals surface area contributed by atoms with Crippen LogP contribution in [0, 0.1) is 13.8 Å². The van der Waals surface area contributed by atoms with Crippen LogP contribution in [-0.2, 0) is 17.6 Å². The lowest BCUT2D eigenvalue weighted by Gasteiger charge is -2.06. The largest absolute Gasteiger partial charge is 0.299 e. The van der Waals surface area contributed by atoms with Gasteiger partial charge in [0.05, 0.1) is 22.8 Å². The molecule has 0 saturated heterocycles. The number of carbonyl (C=O) groups is 1. The highest BCUT2D eigenvalue weighted by atomic mass is 16.1. The van der Waals surface area contributed by atoms with Crippen LogP contribution in [0.5, 0.6) is 0 Å². The molecule has 0 atom stereocenters. The quantitative estimate of drug-likeness (QED) is 0.479. The molecule has 5 nitrogen and oxygen atoms in total. The molecular formula is C25H22N4O. The van der Waals surface area contributed by atoms with Crippen molar-refractivity contribution in [2.24, 2.45) is 0 Å². The van der Waals surface area contributed by atoms with Crippen molar-refractivity contribution in [1.29, 1.82) is 0 Å². The summed E-state index contributed by atoms with van der Waals surface area (Å²) in [5.41, 5.74) is 7.30. The number of hydrogen-bond donors (Lipinski definition) is 0. The summed E-state index contributed by atoms with van der Waals surface area (Å²) in [5, 5.41) is 0. The van der Waals surface area contributed by atoms with Crippen LogP contribution in [0.2, 0.25) is 0 Å². The van der Waals surface area contributed by atoms with Crippen LogP contribution >= 0.6 is 0 Å². The number of aryl methyl sites for hydroxylation is 2. The molecule has 0 aliphatic rings. The topological polar surface area (TPSA) is 68.6 Å². The van der Waals surface area contributed by atoms with E-state index in [2.05, 4.69) is 19.9 Å². The smallest absolute Gasteiger partial charge is 0.141 e. The van der Waals surface area contributed by atoms with Crippen LogP contribution in [0.4, 0.5) is 0 Å². The molecule has 4 aromatic rings.